The van der Waals surface area contributed by atoms with E-state index in [1.54, 1.807) is 22.7 Å². The van der Waals surface area contributed by atoms with E-state index in [2.05, 4.69) is 70.0 Å². The predicted molar refractivity (Wildman–Crippen MR) is 107 cm³/mol. The molecule has 24 heavy (non-hydrogen) atoms. The normalized spacial score (nSPS) is 11.1. The van der Waals surface area contributed by atoms with Crippen LogP contribution < -0.4 is 10.3 Å². The zero-order chi connectivity index (χ0) is 16.8. The van der Waals surface area contributed by atoms with Crippen LogP contribution >= 0.6 is 22.7 Å². The van der Waals surface area contributed by atoms with E-state index in [4.69, 9.17) is 0 Å². The van der Waals surface area contributed by atoms with Gasteiger partial charge in [0, 0.05) is 24.2 Å². The Labute approximate surface area is 150 Å². The lowest BCUT2D eigenvalue weighted by Gasteiger charge is -2.20. The van der Waals surface area contributed by atoms with Crippen LogP contribution in [0.3, 0.4) is 0 Å². The number of hydrazone groups is 1. The van der Waals surface area contributed by atoms with Crippen LogP contribution in [0, 0.1) is 0 Å². The smallest absolute Gasteiger partial charge is 0.203 e. The minimum atomic E-state index is 0.800. The molecule has 3 rings (SSSR count). The number of aromatic nitrogens is 1. The Balaban J connectivity index is 1.60. The number of thiazole rings is 1. The van der Waals surface area contributed by atoms with Crippen molar-refractivity contribution in [3.8, 4) is 10.6 Å². The summed E-state index contributed by atoms with van der Waals surface area (Å²) >= 11 is 3.25. The molecule has 0 bridgehead atoms. The molecule has 0 aliphatic rings. The maximum absolute atomic E-state index is 4.54. The highest BCUT2D eigenvalue weighted by molar-refractivity contribution is 7.15. The molecular weight excluding hydrogens is 336 g/mol. The number of benzene rings is 1. The van der Waals surface area contributed by atoms with Gasteiger partial charge in [-0.05, 0) is 43.0 Å². The Morgan fingerprint density at radius 1 is 1.12 bits per heavy atom. The third-order valence-corrected chi connectivity index (χ3v) is 5.31. The van der Waals surface area contributed by atoms with E-state index in [9.17, 15) is 0 Å². The van der Waals surface area contributed by atoms with Crippen LogP contribution in [0.25, 0.3) is 10.6 Å². The lowest BCUT2D eigenvalue weighted by atomic mass is 10.2. The molecule has 0 saturated carbocycles. The summed E-state index contributed by atoms with van der Waals surface area (Å²) in [7, 11) is 0. The maximum atomic E-state index is 4.54. The molecule has 124 valence electrons. The number of rotatable bonds is 7. The zero-order valence-electron chi connectivity index (χ0n) is 13.8. The molecular formula is C18H20N4S2. The first-order valence-electron chi connectivity index (χ1n) is 7.93. The SMILES string of the molecule is CCN(CC)c1ccc(/C=N\Nc2nc(-c3cccs3)cs2)cc1. The molecule has 6 heteroatoms. The minimum absolute atomic E-state index is 0.800. The molecule has 0 aliphatic carbocycles. The van der Waals surface area contributed by atoms with E-state index in [0.717, 1.165) is 29.5 Å². The molecule has 0 saturated heterocycles. The van der Waals surface area contributed by atoms with E-state index in [-0.39, 0.29) is 0 Å². The monoisotopic (exact) mass is 356 g/mol. The number of anilines is 2. The van der Waals surface area contributed by atoms with E-state index < -0.39 is 0 Å². The fourth-order valence-corrected chi connectivity index (χ4v) is 3.80. The largest absolute Gasteiger partial charge is 0.372 e. The topological polar surface area (TPSA) is 40.5 Å². The molecule has 1 aromatic carbocycles. The molecule has 2 heterocycles. The van der Waals surface area contributed by atoms with Crippen LogP contribution in [-0.2, 0) is 0 Å². The molecule has 0 unspecified atom stereocenters. The summed E-state index contributed by atoms with van der Waals surface area (Å²) < 4.78 is 0. The van der Waals surface area contributed by atoms with Crippen LogP contribution in [-0.4, -0.2) is 24.3 Å². The molecule has 1 N–H and O–H groups in total. The number of hydrogen-bond donors (Lipinski definition) is 1. The van der Waals surface area contributed by atoms with E-state index in [1.165, 1.54) is 10.6 Å². The van der Waals surface area contributed by atoms with Crippen LogP contribution in [0.1, 0.15) is 19.4 Å². The van der Waals surface area contributed by atoms with Crippen molar-refractivity contribution in [3.05, 3.63) is 52.7 Å². The molecule has 0 fully saturated rings. The van der Waals surface area contributed by atoms with Gasteiger partial charge in [0.05, 0.1) is 16.8 Å². The Kier molecular flexibility index (Phi) is 5.61. The Morgan fingerprint density at radius 2 is 1.92 bits per heavy atom. The van der Waals surface area contributed by atoms with Gasteiger partial charge >= 0.3 is 0 Å². The first kappa shape index (κ1) is 16.7. The number of hydrogen-bond acceptors (Lipinski definition) is 6. The van der Waals surface area contributed by atoms with Gasteiger partial charge in [-0.25, -0.2) is 4.98 Å². The third-order valence-electron chi connectivity index (χ3n) is 3.67. The first-order valence-corrected chi connectivity index (χ1v) is 9.69. The highest BCUT2D eigenvalue weighted by Crippen LogP contribution is 2.28. The maximum Gasteiger partial charge on any atom is 0.203 e. The second kappa shape index (κ2) is 8.08. The summed E-state index contributed by atoms with van der Waals surface area (Å²) in [4.78, 5) is 8.04. The van der Waals surface area contributed by atoms with Crippen molar-refractivity contribution in [1.29, 1.82) is 0 Å². The van der Waals surface area contributed by atoms with E-state index >= 15 is 0 Å². The quantitative estimate of drug-likeness (QED) is 0.469. The van der Waals surface area contributed by atoms with E-state index in [1.807, 2.05) is 17.7 Å². The second-order valence-corrected chi connectivity index (χ2v) is 6.95. The molecule has 0 radical (unpaired) electrons. The average molecular weight is 357 g/mol. The van der Waals surface area contributed by atoms with Crippen molar-refractivity contribution in [2.24, 2.45) is 5.10 Å². The van der Waals surface area contributed by atoms with Crippen molar-refractivity contribution < 1.29 is 0 Å². The molecule has 4 nitrogen and oxygen atoms in total. The van der Waals surface area contributed by atoms with Crippen molar-refractivity contribution in [2.45, 2.75) is 13.8 Å². The lowest BCUT2D eigenvalue weighted by molar-refractivity contribution is 0.866. The first-order chi connectivity index (χ1) is 11.8. The van der Waals surface area contributed by atoms with Gasteiger partial charge in [0.15, 0.2) is 0 Å². The lowest BCUT2D eigenvalue weighted by Crippen LogP contribution is -2.21. The molecule has 3 aromatic rings. The van der Waals surface area contributed by atoms with Crippen molar-refractivity contribution in [1.82, 2.24) is 4.98 Å². The minimum Gasteiger partial charge on any atom is -0.372 e. The van der Waals surface area contributed by atoms with Gasteiger partial charge in [0.2, 0.25) is 5.13 Å². The molecule has 0 spiro atoms. The van der Waals surface area contributed by atoms with E-state index in [0.29, 0.717) is 0 Å². The van der Waals surface area contributed by atoms with Gasteiger partial charge in [-0.3, -0.25) is 5.43 Å². The third kappa shape index (κ3) is 4.01. The summed E-state index contributed by atoms with van der Waals surface area (Å²) in [6.45, 7) is 6.37. The van der Waals surface area contributed by atoms with Crippen LogP contribution in [0.4, 0.5) is 10.8 Å². The van der Waals surface area contributed by atoms with Gasteiger partial charge in [-0.2, -0.15) is 5.10 Å². The average Bonchev–Trinajstić information content (AvgIpc) is 3.28. The Morgan fingerprint density at radius 3 is 2.58 bits per heavy atom. The molecule has 0 aliphatic heterocycles. The Bertz CT molecular complexity index is 772. The summed E-state index contributed by atoms with van der Waals surface area (Å²) in [5, 5.41) is 9.19. The van der Waals surface area contributed by atoms with Crippen LogP contribution in [0.5, 0.6) is 0 Å². The van der Waals surface area contributed by atoms with Crippen molar-refractivity contribution in [2.75, 3.05) is 23.4 Å². The van der Waals surface area contributed by atoms with Gasteiger partial charge < -0.3 is 4.90 Å². The van der Waals surface area contributed by atoms with Gasteiger partial charge in [-0.1, -0.05) is 18.2 Å². The number of nitrogens with one attached hydrogen (secondary N) is 1. The van der Waals surface area contributed by atoms with Gasteiger partial charge in [0.25, 0.3) is 0 Å². The second-order valence-electron chi connectivity index (χ2n) is 5.15. The van der Waals surface area contributed by atoms with Crippen LogP contribution in [0.15, 0.2) is 52.3 Å². The molecule has 2 aromatic heterocycles. The summed E-state index contributed by atoms with van der Waals surface area (Å²) in [6, 6.07) is 12.5. The van der Waals surface area contributed by atoms with Crippen LogP contribution in [0.2, 0.25) is 0 Å². The highest BCUT2D eigenvalue weighted by atomic mass is 32.1. The van der Waals surface area contributed by atoms with Crippen molar-refractivity contribution in [3.63, 3.8) is 0 Å². The summed E-state index contributed by atoms with van der Waals surface area (Å²) in [6.07, 6.45) is 1.82. The number of nitrogens with zero attached hydrogens (tertiary/aromatic N) is 3. The predicted octanol–water partition coefficient (Wildman–Crippen LogP) is 5.16. The van der Waals surface area contributed by atoms with Crippen molar-refractivity contribution >= 4 is 39.7 Å². The Hall–Kier alpha value is -2.18. The van der Waals surface area contributed by atoms with Gasteiger partial charge in [0.1, 0.15) is 0 Å². The van der Waals surface area contributed by atoms with Gasteiger partial charge in [-0.15, -0.1) is 22.7 Å². The zero-order valence-corrected chi connectivity index (χ0v) is 15.4. The molecule has 0 amide bonds. The standard InChI is InChI=1S/C18H20N4S2/c1-3-22(4-2)15-9-7-14(8-10-15)12-19-21-18-20-16(13-24-18)17-6-5-11-23-17/h5-13H,3-4H2,1-2H3,(H,20,21)/b19-12-. The highest BCUT2D eigenvalue weighted by Gasteiger charge is 2.04. The summed E-state index contributed by atoms with van der Waals surface area (Å²) in [5.41, 5.74) is 6.31. The fourth-order valence-electron chi connectivity index (χ4n) is 2.38. The molecule has 0 atom stereocenters. The summed E-state index contributed by atoms with van der Waals surface area (Å²) in [5.74, 6) is 0. The fraction of sp³-hybridized carbons (Fsp3) is 0.222. The number of thiophene rings is 1.